The van der Waals surface area contributed by atoms with Crippen LogP contribution in [-0.2, 0) is 18.5 Å². The number of tetrazole rings is 1. The van der Waals surface area contributed by atoms with E-state index in [0.29, 0.717) is 18.9 Å². The van der Waals surface area contributed by atoms with Gasteiger partial charge in [-0.25, -0.2) is 14.5 Å². The number of benzene rings is 7. The number of carbonyl (C=O) groups is 1. The number of hydrogen-bond donors (Lipinski definition) is 0. The summed E-state index contributed by atoms with van der Waals surface area (Å²) in [5, 5.41) is 14.4. The highest BCUT2D eigenvalue weighted by Crippen LogP contribution is 2.45. The zero-order chi connectivity index (χ0) is 43.5. The van der Waals surface area contributed by atoms with Gasteiger partial charge in [-0.05, 0) is 93.4 Å². The number of unbranched alkanes of at least 4 members (excludes halogenated alkanes) is 1. The van der Waals surface area contributed by atoms with E-state index in [-0.39, 0.29) is 6.03 Å². The van der Waals surface area contributed by atoms with E-state index < -0.39 is 5.54 Å². The Morgan fingerprint density at radius 2 is 1.28 bits per heavy atom. The van der Waals surface area contributed by atoms with Crippen LogP contribution in [0.2, 0.25) is 0 Å². The van der Waals surface area contributed by atoms with Gasteiger partial charge in [0, 0.05) is 37.3 Å². The average Bonchev–Trinajstić information content (AvgIpc) is 3.98. The Labute approximate surface area is 374 Å². The van der Waals surface area contributed by atoms with Gasteiger partial charge < -0.3 is 4.90 Å². The van der Waals surface area contributed by atoms with E-state index in [1.54, 1.807) is 0 Å². The molecule has 9 nitrogen and oxygen atoms in total. The number of anilines is 1. The molecule has 9 heteroatoms. The summed E-state index contributed by atoms with van der Waals surface area (Å²) in [5.74, 6) is 1.61. The largest absolute Gasteiger partial charge is 0.324 e. The highest BCUT2D eigenvalue weighted by molar-refractivity contribution is 5.95. The molecule has 64 heavy (non-hydrogen) atoms. The van der Waals surface area contributed by atoms with Gasteiger partial charge in [-0.15, -0.1) is 5.10 Å². The Kier molecular flexibility index (Phi) is 11.1. The number of nitrogens with zero attached hydrogens (tertiary/aromatic N) is 8. The standard InChI is InChI=1S/C55H50N8O/c1-3-4-31-51-56-48-38-46(61-37-20-36-60(54(61)64)39-41-21-10-5-11-22-41)32-34-50(48)62(51)49-35-33-47(42-23-12-6-13-24-42)52(40(49)2)53-57-58-59-63(53)55(43-25-14-7-15-26-43,44-27-16-8-17-28-44)45-29-18-9-19-30-45/h5-19,21-30,32-35,38H,3-4,20,31,36-37,39H2,1-2H3. The topological polar surface area (TPSA) is 85.0 Å². The monoisotopic (exact) mass is 838 g/mol. The Morgan fingerprint density at radius 3 is 1.91 bits per heavy atom. The van der Waals surface area contributed by atoms with Crippen LogP contribution in [0.25, 0.3) is 39.2 Å². The zero-order valence-corrected chi connectivity index (χ0v) is 36.3. The molecule has 0 atom stereocenters. The van der Waals surface area contributed by atoms with Gasteiger partial charge in [0.15, 0.2) is 5.82 Å². The van der Waals surface area contributed by atoms with Crippen LogP contribution in [0.4, 0.5) is 10.5 Å². The molecule has 7 aromatic carbocycles. The number of hydrogen-bond acceptors (Lipinski definition) is 5. The molecule has 316 valence electrons. The van der Waals surface area contributed by atoms with Gasteiger partial charge in [-0.2, -0.15) is 0 Å². The van der Waals surface area contributed by atoms with E-state index in [2.05, 4.69) is 163 Å². The minimum Gasteiger partial charge on any atom is -0.320 e. The third-order valence-corrected chi connectivity index (χ3v) is 12.6. The smallest absolute Gasteiger partial charge is 0.320 e. The normalized spacial score (nSPS) is 13.2. The van der Waals surface area contributed by atoms with Gasteiger partial charge in [0.25, 0.3) is 0 Å². The summed E-state index contributed by atoms with van der Waals surface area (Å²) in [7, 11) is 0. The number of carbonyl (C=O) groups excluding carboxylic acids is 1. The molecule has 0 saturated carbocycles. The van der Waals surface area contributed by atoms with Crippen molar-refractivity contribution in [3.8, 4) is 28.2 Å². The van der Waals surface area contributed by atoms with Crippen molar-refractivity contribution in [3.63, 3.8) is 0 Å². The molecule has 10 rings (SSSR count). The van der Waals surface area contributed by atoms with Crippen molar-refractivity contribution in [3.05, 3.63) is 216 Å². The Morgan fingerprint density at radius 1 is 0.672 bits per heavy atom. The Hall–Kier alpha value is -7.65. The summed E-state index contributed by atoms with van der Waals surface area (Å²) in [6, 6.07) is 63.1. The molecule has 1 aliphatic rings. The quantitative estimate of drug-likeness (QED) is 0.108. The van der Waals surface area contributed by atoms with Crippen molar-refractivity contribution >= 4 is 22.8 Å². The predicted molar refractivity (Wildman–Crippen MR) is 255 cm³/mol. The average molecular weight is 839 g/mol. The number of aryl methyl sites for hydroxylation is 1. The van der Waals surface area contributed by atoms with Gasteiger partial charge in [0.05, 0.1) is 16.7 Å². The number of imidazole rings is 1. The summed E-state index contributed by atoms with van der Waals surface area (Å²) >= 11 is 0. The number of rotatable bonds is 13. The molecule has 1 fully saturated rings. The molecule has 0 aliphatic carbocycles. The molecular formula is C55H50N8O. The van der Waals surface area contributed by atoms with Gasteiger partial charge in [-0.3, -0.25) is 9.47 Å². The molecule has 0 unspecified atom stereocenters. The van der Waals surface area contributed by atoms with Gasteiger partial charge in [-0.1, -0.05) is 171 Å². The van der Waals surface area contributed by atoms with E-state index in [4.69, 9.17) is 15.3 Å². The van der Waals surface area contributed by atoms with Crippen LogP contribution in [0.5, 0.6) is 0 Å². The zero-order valence-electron chi connectivity index (χ0n) is 36.3. The fourth-order valence-corrected chi connectivity index (χ4v) is 9.59. The summed E-state index contributed by atoms with van der Waals surface area (Å²) < 4.78 is 4.34. The van der Waals surface area contributed by atoms with Gasteiger partial charge >= 0.3 is 6.03 Å². The van der Waals surface area contributed by atoms with Crippen molar-refractivity contribution in [2.45, 2.75) is 51.6 Å². The molecule has 2 aromatic heterocycles. The highest BCUT2D eigenvalue weighted by Gasteiger charge is 2.42. The third-order valence-electron chi connectivity index (χ3n) is 12.6. The predicted octanol–water partition coefficient (Wildman–Crippen LogP) is 11.7. The Bertz CT molecular complexity index is 2920. The van der Waals surface area contributed by atoms with E-state index >= 15 is 0 Å². The lowest BCUT2D eigenvalue weighted by atomic mass is 9.76. The minimum atomic E-state index is -0.939. The fraction of sp³-hybridized carbons (Fsp3) is 0.182. The fourth-order valence-electron chi connectivity index (χ4n) is 9.59. The van der Waals surface area contributed by atoms with E-state index in [1.807, 2.05) is 56.9 Å². The van der Waals surface area contributed by atoms with Crippen LogP contribution >= 0.6 is 0 Å². The molecule has 3 heterocycles. The maximum Gasteiger partial charge on any atom is 0.324 e. The lowest BCUT2D eigenvalue weighted by Crippen LogP contribution is -2.49. The number of urea groups is 1. The van der Waals surface area contributed by atoms with Crippen LogP contribution in [-0.4, -0.2) is 53.8 Å². The van der Waals surface area contributed by atoms with Crippen LogP contribution < -0.4 is 4.90 Å². The van der Waals surface area contributed by atoms with Crippen LogP contribution in [0.3, 0.4) is 0 Å². The molecule has 0 bridgehead atoms. The summed E-state index contributed by atoms with van der Waals surface area (Å²) in [4.78, 5) is 23.2. The second-order valence-corrected chi connectivity index (χ2v) is 16.6. The summed E-state index contributed by atoms with van der Waals surface area (Å²) in [5.41, 5.74) is 11.0. The van der Waals surface area contributed by atoms with Crippen molar-refractivity contribution in [1.82, 2.24) is 34.7 Å². The van der Waals surface area contributed by atoms with E-state index in [9.17, 15) is 4.79 Å². The molecule has 0 N–H and O–H groups in total. The first-order valence-electron chi connectivity index (χ1n) is 22.3. The van der Waals surface area contributed by atoms with Gasteiger partial charge in [0.2, 0.25) is 0 Å². The highest BCUT2D eigenvalue weighted by atomic mass is 16.2. The lowest BCUT2D eigenvalue weighted by molar-refractivity contribution is 0.192. The van der Waals surface area contributed by atoms with Crippen LogP contribution in [0.1, 0.15) is 59.8 Å². The molecule has 0 spiro atoms. The number of fused-ring (bicyclic) bond motifs is 1. The maximum absolute atomic E-state index is 14.0. The molecule has 0 radical (unpaired) electrons. The molecular weight excluding hydrogens is 789 g/mol. The molecule has 1 saturated heterocycles. The van der Waals surface area contributed by atoms with Crippen molar-refractivity contribution < 1.29 is 4.79 Å². The van der Waals surface area contributed by atoms with Crippen molar-refractivity contribution in [2.24, 2.45) is 0 Å². The summed E-state index contributed by atoms with van der Waals surface area (Å²) in [6.45, 7) is 6.37. The SMILES string of the molecule is CCCCc1nc2cc(N3CCCN(Cc4ccccc4)C3=O)ccc2n1-c1ccc(-c2ccccc2)c(-c2nnnn2C(c2ccccc2)(c2ccccc2)c2ccccc2)c1C. The third kappa shape index (κ3) is 7.22. The second kappa shape index (κ2) is 17.6. The molecule has 2 amide bonds. The van der Waals surface area contributed by atoms with E-state index in [0.717, 1.165) is 105 Å². The number of amides is 2. The van der Waals surface area contributed by atoms with Crippen molar-refractivity contribution in [2.75, 3.05) is 18.0 Å². The summed E-state index contributed by atoms with van der Waals surface area (Å²) in [6.07, 6.45) is 3.69. The first-order valence-corrected chi connectivity index (χ1v) is 22.3. The van der Waals surface area contributed by atoms with Crippen molar-refractivity contribution in [1.29, 1.82) is 0 Å². The maximum atomic E-state index is 14.0. The minimum absolute atomic E-state index is 0.0207. The molecule has 1 aliphatic heterocycles. The first kappa shape index (κ1) is 40.4. The first-order chi connectivity index (χ1) is 31.6. The van der Waals surface area contributed by atoms with Gasteiger partial charge in [0.1, 0.15) is 11.4 Å². The van der Waals surface area contributed by atoms with Crippen LogP contribution in [0, 0.1) is 6.92 Å². The second-order valence-electron chi connectivity index (χ2n) is 16.6. The number of aromatic nitrogens is 6. The lowest BCUT2D eigenvalue weighted by Gasteiger charge is -2.36. The molecule has 9 aromatic rings. The van der Waals surface area contributed by atoms with Crippen LogP contribution in [0.15, 0.2) is 182 Å². The Balaban J connectivity index is 1.16. The van der Waals surface area contributed by atoms with E-state index in [1.165, 1.54) is 0 Å².